The van der Waals surface area contributed by atoms with E-state index in [0.717, 1.165) is 66.4 Å². The first-order chi connectivity index (χ1) is 19.3. The van der Waals surface area contributed by atoms with Gasteiger partial charge in [-0.1, -0.05) is 32.6 Å². The van der Waals surface area contributed by atoms with Crippen LogP contribution in [0.4, 0.5) is 29.0 Å². The molecule has 3 aromatic rings. The molecular weight excluding hydrogens is 496 g/mol. The number of fused-ring (bicyclic) bond motifs is 3. The first-order valence-electron chi connectivity index (χ1n) is 14.4. The lowest BCUT2D eigenvalue weighted by atomic mass is 9.90. The maximum absolute atomic E-state index is 5.16. The van der Waals surface area contributed by atoms with Gasteiger partial charge in [-0.2, -0.15) is 4.98 Å². The molecule has 3 aliphatic heterocycles. The molecule has 206 valence electrons. The van der Waals surface area contributed by atoms with E-state index in [0.29, 0.717) is 12.5 Å². The smallest absolute Gasteiger partial charge is 0.229 e. The van der Waals surface area contributed by atoms with Gasteiger partial charge in [0.1, 0.15) is 0 Å². The maximum atomic E-state index is 5.16. The molecule has 4 aliphatic rings. The Kier molecular flexibility index (Phi) is 5.85. The van der Waals surface area contributed by atoms with Gasteiger partial charge in [-0.15, -0.1) is 6.58 Å². The van der Waals surface area contributed by atoms with Gasteiger partial charge in [0, 0.05) is 49.2 Å². The van der Waals surface area contributed by atoms with Crippen molar-refractivity contribution in [3.05, 3.63) is 78.6 Å². The predicted octanol–water partition coefficient (Wildman–Crippen LogP) is 5.36. The fourth-order valence-electron chi connectivity index (χ4n) is 6.99. The second-order valence-electron chi connectivity index (χ2n) is 12.4. The van der Waals surface area contributed by atoms with Crippen molar-refractivity contribution in [2.45, 2.75) is 32.1 Å². The van der Waals surface area contributed by atoms with E-state index in [-0.39, 0.29) is 5.41 Å². The average molecular weight is 535 g/mol. The number of hydrogen-bond acceptors (Lipinski definition) is 8. The molecule has 0 bridgehead atoms. The molecule has 7 rings (SSSR count). The summed E-state index contributed by atoms with van der Waals surface area (Å²) in [5.74, 6) is 3.73. The number of rotatable bonds is 6. The number of anilines is 5. The number of aromatic nitrogens is 3. The fraction of sp³-hybridized carbons (Fsp3) is 0.406. The molecule has 0 spiro atoms. The highest BCUT2D eigenvalue weighted by molar-refractivity contribution is 5.83. The van der Waals surface area contributed by atoms with Gasteiger partial charge >= 0.3 is 0 Å². The number of hydrogen-bond donors (Lipinski definition) is 1. The van der Waals surface area contributed by atoms with Gasteiger partial charge in [-0.3, -0.25) is 5.01 Å². The first-order valence-corrected chi connectivity index (χ1v) is 14.4. The van der Waals surface area contributed by atoms with Crippen LogP contribution in [0.2, 0.25) is 0 Å². The predicted molar refractivity (Wildman–Crippen MR) is 162 cm³/mol. The van der Waals surface area contributed by atoms with Crippen LogP contribution in [-0.2, 0) is 11.8 Å². The van der Waals surface area contributed by atoms with Crippen molar-refractivity contribution in [2.75, 3.05) is 55.0 Å². The van der Waals surface area contributed by atoms with Crippen molar-refractivity contribution in [3.63, 3.8) is 0 Å². The molecule has 1 aromatic carbocycles. The van der Waals surface area contributed by atoms with Crippen molar-refractivity contribution >= 4 is 34.7 Å². The van der Waals surface area contributed by atoms with Crippen molar-refractivity contribution in [2.24, 2.45) is 11.8 Å². The van der Waals surface area contributed by atoms with Crippen LogP contribution >= 0.6 is 0 Å². The second kappa shape index (κ2) is 9.34. The third-order valence-corrected chi connectivity index (χ3v) is 9.13. The van der Waals surface area contributed by atoms with E-state index in [1.807, 2.05) is 12.3 Å². The molecule has 2 atom stereocenters. The zero-order chi connectivity index (χ0) is 27.6. The molecule has 8 heteroatoms. The van der Waals surface area contributed by atoms with Gasteiger partial charge in [0.05, 0.1) is 23.5 Å². The Morgan fingerprint density at radius 2 is 1.77 bits per heavy atom. The Morgan fingerprint density at radius 1 is 1.02 bits per heavy atom. The van der Waals surface area contributed by atoms with Crippen LogP contribution in [0.1, 0.15) is 37.1 Å². The zero-order valence-corrected chi connectivity index (χ0v) is 23.8. The molecule has 2 fully saturated rings. The quantitative estimate of drug-likeness (QED) is 0.424. The molecule has 40 heavy (non-hydrogen) atoms. The molecule has 0 saturated carbocycles. The molecule has 1 aliphatic carbocycles. The third kappa shape index (κ3) is 4.13. The molecule has 1 N–H and O–H groups in total. The van der Waals surface area contributed by atoms with Gasteiger partial charge in [-0.05, 0) is 67.6 Å². The van der Waals surface area contributed by atoms with E-state index in [1.54, 1.807) is 0 Å². The number of nitrogens with zero attached hydrogens (tertiary/aromatic N) is 7. The number of hydrazine groups is 1. The SMILES string of the molecule is C=CCN1C(=C)c2cnc(Nc3ccc(N4CC5CN(C)CC5C4)cc3)nc2N1c1ccc2c(n1)C(C)(C)CC2. The number of benzene rings is 1. The maximum Gasteiger partial charge on any atom is 0.229 e. The van der Waals surface area contributed by atoms with Crippen molar-refractivity contribution < 1.29 is 0 Å². The summed E-state index contributed by atoms with van der Waals surface area (Å²) < 4.78 is 0. The van der Waals surface area contributed by atoms with Crippen LogP contribution < -0.4 is 15.2 Å². The molecule has 0 radical (unpaired) electrons. The van der Waals surface area contributed by atoms with Gasteiger partial charge < -0.3 is 15.1 Å². The van der Waals surface area contributed by atoms with Crippen LogP contribution in [0.3, 0.4) is 0 Å². The minimum Gasteiger partial charge on any atom is -0.371 e. The number of pyridine rings is 1. The molecular formula is C32H38N8. The summed E-state index contributed by atoms with van der Waals surface area (Å²) >= 11 is 0. The largest absolute Gasteiger partial charge is 0.371 e. The molecule has 8 nitrogen and oxygen atoms in total. The third-order valence-electron chi connectivity index (χ3n) is 9.13. The Labute approximate surface area is 237 Å². The highest BCUT2D eigenvalue weighted by atomic mass is 15.7. The van der Waals surface area contributed by atoms with Gasteiger partial charge in [0.2, 0.25) is 5.95 Å². The van der Waals surface area contributed by atoms with Gasteiger partial charge in [0.15, 0.2) is 11.6 Å². The molecule has 5 heterocycles. The standard InChI is InChI=1S/C32H38N8/c1-6-15-39-21(2)27-16-33-31(36-30(27)40(39)28-12-7-22-13-14-32(3,4)29(22)35-28)34-25-8-10-26(11-9-25)38-19-23-17-37(5)18-24(23)20-38/h6-12,16,23-24H,1-2,13-15,17-20H2,3-5H3,(H,33,34,36). The molecule has 2 unspecified atom stereocenters. The molecule has 2 saturated heterocycles. The highest BCUT2D eigenvalue weighted by Crippen LogP contribution is 2.44. The van der Waals surface area contributed by atoms with Crippen LogP contribution in [0, 0.1) is 11.8 Å². The molecule has 2 aromatic heterocycles. The first kappa shape index (κ1) is 25.1. The van der Waals surface area contributed by atoms with E-state index < -0.39 is 0 Å². The Morgan fingerprint density at radius 3 is 2.50 bits per heavy atom. The van der Waals surface area contributed by atoms with Crippen LogP contribution in [0.15, 0.2) is 61.8 Å². The molecule has 0 amide bonds. The van der Waals surface area contributed by atoms with E-state index in [9.17, 15) is 0 Å². The van der Waals surface area contributed by atoms with Crippen LogP contribution in [0.25, 0.3) is 5.70 Å². The summed E-state index contributed by atoms with van der Waals surface area (Å²) in [5, 5.41) is 7.56. The average Bonchev–Trinajstić information content (AvgIpc) is 3.65. The topological polar surface area (TPSA) is 63.7 Å². The van der Waals surface area contributed by atoms with Crippen LogP contribution in [0.5, 0.6) is 0 Å². The van der Waals surface area contributed by atoms with Crippen molar-refractivity contribution in [1.29, 1.82) is 0 Å². The lowest BCUT2D eigenvalue weighted by Gasteiger charge is -2.30. The monoisotopic (exact) mass is 534 g/mol. The van der Waals surface area contributed by atoms with Crippen LogP contribution in [-0.4, -0.2) is 64.6 Å². The number of likely N-dealkylation sites (tertiary alicyclic amines) is 1. The summed E-state index contributed by atoms with van der Waals surface area (Å²) in [7, 11) is 2.24. The van der Waals surface area contributed by atoms with Crippen molar-refractivity contribution in [3.8, 4) is 0 Å². The van der Waals surface area contributed by atoms with Crippen molar-refractivity contribution in [1.82, 2.24) is 24.9 Å². The Hall–Kier alpha value is -3.91. The summed E-state index contributed by atoms with van der Waals surface area (Å²) in [6.07, 6.45) is 5.92. The summed E-state index contributed by atoms with van der Waals surface area (Å²) in [6, 6.07) is 13.0. The van der Waals surface area contributed by atoms with Gasteiger partial charge in [-0.25, -0.2) is 15.0 Å². The van der Waals surface area contributed by atoms with E-state index in [4.69, 9.17) is 9.97 Å². The fourth-order valence-corrected chi connectivity index (χ4v) is 6.99. The minimum absolute atomic E-state index is 0.0585. The normalized spacial score (nSPS) is 23.0. The Bertz CT molecular complexity index is 1460. The summed E-state index contributed by atoms with van der Waals surface area (Å²) in [4.78, 5) is 19.8. The lowest BCUT2D eigenvalue weighted by molar-refractivity contribution is 0.387. The summed E-state index contributed by atoms with van der Waals surface area (Å²) in [6.45, 7) is 18.2. The van der Waals surface area contributed by atoms with Gasteiger partial charge in [0.25, 0.3) is 0 Å². The van der Waals surface area contributed by atoms with E-state index in [1.165, 1.54) is 30.0 Å². The van der Waals surface area contributed by atoms with E-state index >= 15 is 0 Å². The highest BCUT2D eigenvalue weighted by Gasteiger charge is 2.39. The van der Waals surface area contributed by atoms with E-state index in [2.05, 4.69) is 101 Å². The zero-order valence-electron chi connectivity index (χ0n) is 23.8. The lowest BCUT2D eigenvalue weighted by Crippen LogP contribution is -2.34. The minimum atomic E-state index is 0.0585. The Balaban J connectivity index is 1.15. The summed E-state index contributed by atoms with van der Waals surface area (Å²) in [5.41, 5.74) is 6.55. The second-order valence-corrected chi connectivity index (χ2v) is 12.4. The number of nitrogens with one attached hydrogen (secondary N) is 1. The number of aryl methyl sites for hydroxylation is 1.